The van der Waals surface area contributed by atoms with Crippen molar-refractivity contribution in [3.8, 4) is 0 Å². The Hall–Kier alpha value is -1.35. The summed E-state index contributed by atoms with van der Waals surface area (Å²) in [6.45, 7) is 4.36. The highest BCUT2D eigenvalue weighted by molar-refractivity contribution is 5.44. The van der Waals surface area contributed by atoms with Gasteiger partial charge in [-0.15, -0.1) is 0 Å². The number of fused-ring (bicyclic) bond motifs is 4. The van der Waals surface area contributed by atoms with E-state index in [4.69, 9.17) is 5.73 Å². The molecule has 2 bridgehead atoms. The van der Waals surface area contributed by atoms with Gasteiger partial charge in [-0.3, -0.25) is 4.79 Å². The molecule has 1 saturated carbocycles. The number of nitrogens with two attached hydrogens (primary N) is 1. The Bertz CT molecular complexity index is 572. The first-order valence-electron chi connectivity index (χ1n) is 6.73. The van der Waals surface area contributed by atoms with Crippen LogP contribution in [0.15, 0.2) is 28.6 Å². The number of hydrogen-bond donors (Lipinski definition) is 2. The lowest BCUT2D eigenvalue weighted by Crippen LogP contribution is -2.50. The van der Waals surface area contributed by atoms with Gasteiger partial charge in [-0.2, -0.15) is 0 Å². The molecule has 2 aliphatic carbocycles. The second kappa shape index (κ2) is 3.82. The van der Waals surface area contributed by atoms with Gasteiger partial charge in [0.2, 0.25) is 5.56 Å². The molecular weight excluding hydrogens is 224 g/mol. The molecule has 0 aromatic carbocycles. The summed E-state index contributed by atoms with van der Waals surface area (Å²) in [7, 11) is 0. The molecule has 1 aromatic rings. The van der Waals surface area contributed by atoms with E-state index in [9.17, 15) is 4.79 Å². The molecule has 0 radical (unpaired) electrons. The Morgan fingerprint density at radius 2 is 2.28 bits per heavy atom. The van der Waals surface area contributed by atoms with Crippen LogP contribution in [0.4, 0.5) is 0 Å². The van der Waals surface area contributed by atoms with Crippen molar-refractivity contribution in [3.05, 3.63) is 45.4 Å². The van der Waals surface area contributed by atoms with Crippen LogP contribution in [0.2, 0.25) is 0 Å². The molecule has 0 amide bonds. The second-order valence-corrected chi connectivity index (χ2v) is 5.88. The Morgan fingerprint density at radius 3 is 3.00 bits per heavy atom. The van der Waals surface area contributed by atoms with Crippen molar-refractivity contribution in [1.82, 2.24) is 4.98 Å². The molecule has 0 saturated heterocycles. The van der Waals surface area contributed by atoms with E-state index >= 15 is 0 Å². The quantitative estimate of drug-likeness (QED) is 0.686. The second-order valence-electron chi connectivity index (χ2n) is 5.88. The lowest BCUT2D eigenvalue weighted by Gasteiger charge is -2.48. The number of H-pyrrole nitrogens is 1. The molecule has 1 heterocycles. The van der Waals surface area contributed by atoms with Crippen molar-refractivity contribution in [2.24, 2.45) is 17.6 Å². The van der Waals surface area contributed by atoms with Crippen LogP contribution >= 0.6 is 0 Å². The summed E-state index contributed by atoms with van der Waals surface area (Å²) >= 11 is 0. The van der Waals surface area contributed by atoms with Crippen molar-refractivity contribution in [2.75, 3.05) is 0 Å². The number of aromatic amines is 1. The van der Waals surface area contributed by atoms with Crippen LogP contribution in [-0.4, -0.2) is 4.98 Å². The molecule has 0 aliphatic heterocycles. The van der Waals surface area contributed by atoms with Gasteiger partial charge in [0, 0.05) is 11.8 Å². The predicted octanol–water partition coefficient (Wildman–Crippen LogP) is 2.08. The first-order valence-corrected chi connectivity index (χ1v) is 6.73. The van der Waals surface area contributed by atoms with Gasteiger partial charge in [0.05, 0.1) is 5.54 Å². The lowest BCUT2D eigenvalue weighted by atomic mass is 9.60. The summed E-state index contributed by atoms with van der Waals surface area (Å²) < 4.78 is 0. The largest absolute Gasteiger partial charge is 0.326 e. The molecule has 1 aromatic heterocycles. The van der Waals surface area contributed by atoms with E-state index in [0.717, 1.165) is 24.1 Å². The first-order chi connectivity index (χ1) is 8.54. The van der Waals surface area contributed by atoms with Crippen molar-refractivity contribution in [2.45, 2.75) is 38.6 Å². The van der Waals surface area contributed by atoms with Gasteiger partial charge < -0.3 is 10.7 Å². The summed E-state index contributed by atoms with van der Waals surface area (Å²) in [4.78, 5) is 14.4. The molecule has 18 heavy (non-hydrogen) atoms. The molecule has 3 nitrogen and oxygen atoms in total. The van der Waals surface area contributed by atoms with Crippen molar-refractivity contribution in [1.29, 1.82) is 0 Å². The predicted molar refractivity (Wildman–Crippen MR) is 72.3 cm³/mol. The van der Waals surface area contributed by atoms with Crippen LogP contribution < -0.4 is 11.3 Å². The van der Waals surface area contributed by atoms with E-state index in [1.165, 1.54) is 12.0 Å². The number of allylic oxidation sites excluding steroid dienone is 1. The fourth-order valence-electron chi connectivity index (χ4n) is 4.02. The Kier molecular flexibility index (Phi) is 2.49. The van der Waals surface area contributed by atoms with E-state index < -0.39 is 0 Å². The molecule has 2 aliphatic rings. The minimum absolute atomic E-state index is 0.0209. The highest BCUT2D eigenvalue weighted by atomic mass is 16.1. The average molecular weight is 244 g/mol. The highest BCUT2D eigenvalue weighted by Gasteiger charge is 2.46. The molecule has 0 spiro atoms. The number of nitrogens with one attached hydrogen (secondary N) is 1. The molecule has 0 unspecified atom stereocenters. The summed E-state index contributed by atoms with van der Waals surface area (Å²) in [6.07, 6.45) is 5.26. The zero-order valence-corrected chi connectivity index (χ0v) is 11.0. The number of rotatable bonds is 0. The molecule has 3 heteroatoms. The number of hydrogen-bond acceptors (Lipinski definition) is 2. The smallest absolute Gasteiger partial charge is 0.248 e. The Balaban J connectivity index is 2.23. The zero-order valence-electron chi connectivity index (χ0n) is 11.0. The first kappa shape index (κ1) is 11.7. The number of pyridine rings is 1. The van der Waals surface area contributed by atoms with Gasteiger partial charge in [0.25, 0.3) is 0 Å². The normalized spacial score (nSPS) is 36.5. The topological polar surface area (TPSA) is 58.9 Å². The summed E-state index contributed by atoms with van der Waals surface area (Å²) in [5.74, 6) is 1.14. The van der Waals surface area contributed by atoms with Gasteiger partial charge in [0.15, 0.2) is 0 Å². The van der Waals surface area contributed by atoms with Crippen LogP contribution in [0.1, 0.15) is 37.9 Å². The zero-order chi connectivity index (χ0) is 12.9. The Morgan fingerprint density at radius 1 is 1.50 bits per heavy atom. The maximum atomic E-state index is 11.5. The van der Waals surface area contributed by atoms with Gasteiger partial charge in [0.1, 0.15) is 0 Å². The van der Waals surface area contributed by atoms with Crippen LogP contribution in [-0.2, 0) is 12.0 Å². The average Bonchev–Trinajstić information content (AvgIpc) is 2.26. The summed E-state index contributed by atoms with van der Waals surface area (Å²) in [6, 6.07) is 3.52. The molecule has 3 N–H and O–H groups in total. The summed E-state index contributed by atoms with van der Waals surface area (Å²) in [5, 5.41) is 0. The van der Waals surface area contributed by atoms with Gasteiger partial charge in [-0.05, 0) is 55.2 Å². The molecule has 3 atom stereocenters. The molecule has 3 rings (SSSR count). The molecule has 1 fully saturated rings. The van der Waals surface area contributed by atoms with Crippen molar-refractivity contribution in [3.63, 3.8) is 0 Å². The molecular formula is C15H20N2O. The van der Waals surface area contributed by atoms with Crippen LogP contribution in [0.3, 0.4) is 0 Å². The molecule has 96 valence electrons. The third kappa shape index (κ3) is 1.50. The fourth-order valence-corrected chi connectivity index (χ4v) is 4.02. The van der Waals surface area contributed by atoms with E-state index in [0.29, 0.717) is 11.8 Å². The van der Waals surface area contributed by atoms with E-state index in [-0.39, 0.29) is 11.1 Å². The number of aromatic nitrogens is 1. The minimum Gasteiger partial charge on any atom is -0.326 e. The monoisotopic (exact) mass is 244 g/mol. The third-order valence-corrected chi connectivity index (χ3v) is 4.56. The van der Waals surface area contributed by atoms with E-state index in [1.54, 1.807) is 6.07 Å². The third-order valence-electron chi connectivity index (χ3n) is 4.56. The van der Waals surface area contributed by atoms with E-state index in [1.807, 2.05) is 6.07 Å². The highest BCUT2D eigenvalue weighted by Crippen LogP contribution is 2.50. The minimum atomic E-state index is -0.366. The van der Waals surface area contributed by atoms with Crippen molar-refractivity contribution < 1.29 is 0 Å². The Labute approximate surface area is 107 Å². The van der Waals surface area contributed by atoms with E-state index in [2.05, 4.69) is 24.9 Å². The standard InChI is InChI=1S/C15H20N2O/c1-3-11-10-6-9(2)8-15(11,16)12-4-5-14(18)17-13(12)7-10/h3-5,9-10H,6-8,16H2,1-2H3,(H,17,18)/b11-3-/t9-,10-,15+/m0/s1. The van der Waals surface area contributed by atoms with Gasteiger partial charge in [-0.25, -0.2) is 0 Å². The summed E-state index contributed by atoms with van der Waals surface area (Å²) in [5.41, 5.74) is 9.86. The fraction of sp³-hybridized carbons (Fsp3) is 0.533. The van der Waals surface area contributed by atoms with Gasteiger partial charge in [-0.1, -0.05) is 13.0 Å². The van der Waals surface area contributed by atoms with Crippen LogP contribution in [0.25, 0.3) is 0 Å². The van der Waals surface area contributed by atoms with Crippen LogP contribution in [0.5, 0.6) is 0 Å². The van der Waals surface area contributed by atoms with Gasteiger partial charge >= 0.3 is 0 Å². The SMILES string of the molecule is C/C=C1/[C@@H]2Cc3[nH]c(=O)ccc3[C@@]1(N)C[C@@H](C)C2. The van der Waals surface area contributed by atoms with Crippen LogP contribution in [0, 0.1) is 11.8 Å². The maximum Gasteiger partial charge on any atom is 0.248 e. The van der Waals surface area contributed by atoms with Crippen molar-refractivity contribution >= 4 is 0 Å². The maximum absolute atomic E-state index is 11.5. The lowest BCUT2D eigenvalue weighted by molar-refractivity contribution is 0.231.